The maximum absolute atomic E-state index is 5.67. The zero-order valence-electron chi connectivity index (χ0n) is 11.2. The van der Waals surface area contributed by atoms with Gasteiger partial charge < -0.3 is 11.1 Å². The Morgan fingerprint density at radius 1 is 1.25 bits per heavy atom. The van der Waals surface area contributed by atoms with Gasteiger partial charge in [-0.3, -0.25) is 0 Å². The van der Waals surface area contributed by atoms with Crippen LogP contribution in [0.1, 0.15) is 11.3 Å². The Morgan fingerprint density at radius 2 is 2.05 bits per heavy atom. The number of fused-ring (bicyclic) bond motifs is 1. The lowest BCUT2D eigenvalue weighted by Crippen LogP contribution is -2.10. The molecular weight excluding hydrogens is 252 g/mol. The van der Waals surface area contributed by atoms with Crippen molar-refractivity contribution in [1.29, 1.82) is 0 Å². The molecule has 0 amide bonds. The molecular formula is C14H16N6. The van der Waals surface area contributed by atoms with Crippen LogP contribution < -0.4 is 11.1 Å². The first-order valence-corrected chi connectivity index (χ1v) is 6.48. The van der Waals surface area contributed by atoms with Crippen molar-refractivity contribution in [2.24, 2.45) is 0 Å². The Kier molecular flexibility index (Phi) is 3.20. The second-order valence-corrected chi connectivity index (χ2v) is 4.67. The lowest BCUT2D eigenvalue weighted by molar-refractivity contribution is 0.906. The Bertz CT molecular complexity index is 716. The summed E-state index contributed by atoms with van der Waals surface area (Å²) in [4.78, 5) is 8.41. The van der Waals surface area contributed by atoms with E-state index in [1.807, 2.05) is 37.3 Å². The standard InChI is InChI=1S/C14H16N6/c1-10-8-13(20-14(19-10)17-9-18-20)16-7-6-11-2-4-12(15)5-3-11/h2-5,8-9,16H,6-7,15H2,1H3. The number of nitrogen functional groups attached to an aromatic ring is 1. The van der Waals surface area contributed by atoms with E-state index < -0.39 is 0 Å². The molecule has 0 aliphatic rings. The molecule has 6 heteroatoms. The Labute approximate surface area is 116 Å². The third kappa shape index (κ3) is 2.54. The van der Waals surface area contributed by atoms with Gasteiger partial charge in [-0.15, -0.1) is 0 Å². The number of aromatic nitrogens is 4. The molecule has 0 unspecified atom stereocenters. The summed E-state index contributed by atoms with van der Waals surface area (Å²) < 4.78 is 1.70. The number of hydrogen-bond acceptors (Lipinski definition) is 5. The number of nitrogens with zero attached hydrogens (tertiary/aromatic N) is 4. The highest BCUT2D eigenvalue weighted by Gasteiger charge is 2.04. The van der Waals surface area contributed by atoms with Gasteiger partial charge in [0.15, 0.2) is 0 Å². The van der Waals surface area contributed by atoms with Crippen molar-refractivity contribution in [3.05, 3.63) is 47.9 Å². The molecule has 3 aromatic rings. The van der Waals surface area contributed by atoms with Gasteiger partial charge in [-0.1, -0.05) is 12.1 Å². The highest BCUT2D eigenvalue weighted by molar-refractivity contribution is 5.45. The second kappa shape index (κ2) is 5.16. The fourth-order valence-corrected chi connectivity index (χ4v) is 2.08. The maximum Gasteiger partial charge on any atom is 0.254 e. The normalized spacial score (nSPS) is 10.8. The van der Waals surface area contributed by atoms with Gasteiger partial charge in [-0.25, -0.2) is 4.98 Å². The molecule has 3 rings (SSSR count). The minimum Gasteiger partial charge on any atom is -0.399 e. The quantitative estimate of drug-likeness (QED) is 0.703. The van der Waals surface area contributed by atoms with Crippen LogP contribution >= 0.6 is 0 Å². The monoisotopic (exact) mass is 268 g/mol. The minimum atomic E-state index is 0.611. The number of nitrogens with one attached hydrogen (secondary N) is 1. The highest BCUT2D eigenvalue weighted by atomic mass is 15.3. The zero-order chi connectivity index (χ0) is 13.9. The van der Waals surface area contributed by atoms with Gasteiger partial charge in [0, 0.05) is 24.0 Å². The van der Waals surface area contributed by atoms with Crippen LogP contribution in [0.15, 0.2) is 36.7 Å². The summed E-state index contributed by atoms with van der Waals surface area (Å²) in [6.45, 7) is 2.75. The van der Waals surface area contributed by atoms with Crippen molar-refractivity contribution in [2.45, 2.75) is 13.3 Å². The van der Waals surface area contributed by atoms with E-state index in [9.17, 15) is 0 Å². The number of hydrogen-bond donors (Lipinski definition) is 2. The van der Waals surface area contributed by atoms with Crippen LogP contribution in [0.3, 0.4) is 0 Å². The molecule has 6 nitrogen and oxygen atoms in total. The van der Waals surface area contributed by atoms with Crippen molar-refractivity contribution < 1.29 is 0 Å². The second-order valence-electron chi connectivity index (χ2n) is 4.67. The predicted octanol–water partition coefficient (Wildman–Crippen LogP) is 1.67. The summed E-state index contributed by atoms with van der Waals surface area (Å²) in [6, 6.07) is 9.88. The Morgan fingerprint density at radius 3 is 2.85 bits per heavy atom. The molecule has 0 spiro atoms. The largest absolute Gasteiger partial charge is 0.399 e. The van der Waals surface area contributed by atoms with Gasteiger partial charge in [0.25, 0.3) is 5.78 Å². The van der Waals surface area contributed by atoms with Crippen LogP contribution in [-0.2, 0) is 6.42 Å². The number of nitrogens with two attached hydrogens (primary N) is 1. The van der Waals surface area contributed by atoms with E-state index in [4.69, 9.17) is 5.73 Å². The smallest absolute Gasteiger partial charge is 0.254 e. The summed E-state index contributed by atoms with van der Waals surface area (Å²) in [7, 11) is 0. The first-order valence-electron chi connectivity index (χ1n) is 6.48. The fourth-order valence-electron chi connectivity index (χ4n) is 2.08. The van der Waals surface area contributed by atoms with Crippen LogP contribution in [0, 0.1) is 6.92 Å². The van der Waals surface area contributed by atoms with E-state index >= 15 is 0 Å². The molecule has 2 heterocycles. The molecule has 20 heavy (non-hydrogen) atoms. The average Bonchev–Trinajstić information content (AvgIpc) is 2.89. The first-order chi connectivity index (χ1) is 9.72. The summed E-state index contributed by atoms with van der Waals surface area (Å²) in [6.07, 6.45) is 2.42. The molecule has 0 bridgehead atoms. The van der Waals surface area contributed by atoms with Gasteiger partial charge in [0.2, 0.25) is 0 Å². The third-order valence-electron chi connectivity index (χ3n) is 3.08. The Hall–Kier alpha value is -2.63. The average molecular weight is 268 g/mol. The molecule has 0 aliphatic heterocycles. The molecule has 0 aliphatic carbocycles. The number of benzene rings is 1. The van der Waals surface area contributed by atoms with E-state index in [-0.39, 0.29) is 0 Å². The highest BCUT2D eigenvalue weighted by Crippen LogP contribution is 2.11. The van der Waals surface area contributed by atoms with E-state index in [0.29, 0.717) is 5.78 Å². The van der Waals surface area contributed by atoms with E-state index in [1.165, 1.54) is 11.9 Å². The summed E-state index contributed by atoms with van der Waals surface area (Å²) in [5.41, 5.74) is 8.62. The van der Waals surface area contributed by atoms with Crippen molar-refractivity contribution in [3.8, 4) is 0 Å². The molecule has 0 saturated heterocycles. The Balaban J connectivity index is 1.70. The van der Waals surface area contributed by atoms with Gasteiger partial charge in [-0.2, -0.15) is 14.6 Å². The lowest BCUT2D eigenvalue weighted by atomic mass is 10.1. The van der Waals surface area contributed by atoms with Gasteiger partial charge >= 0.3 is 0 Å². The van der Waals surface area contributed by atoms with Crippen LogP contribution in [-0.4, -0.2) is 26.1 Å². The molecule has 0 saturated carbocycles. The van der Waals surface area contributed by atoms with Crippen molar-refractivity contribution in [3.63, 3.8) is 0 Å². The molecule has 0 atom stereocenters. The number of rotatable bonds is 4. The third-order valence-corrected chi connectivity index (χ3v) is 3.08. The molecule has 3 N–H and O–H groups in total. The first kappa shape index (κ1) is 12.4. The molecule has 2 aromatic heterocycles. The molecule has 102 valence electrons. The minimum absolute atomic E-state index is 0.611. The molecule has 1 aromatic carbocycles. The summed E-state index contributed by atoms with van der Waals surface area (Å²) in [5, 5.41) is 7.53. The number of anilines is 2. The fraction of sp³-hybridized carbons (Fsp3) is 0.214. The van der Waals surface area contributed by atoms with Gasteiger partial charge in [0.05, 0.1) is 0 Å². The molecule has 0 fully saturated rings. The summed E-state index contributed by atoms with van der Waals surface area (Å²) in [5.74, 6) is 1.51. The van der Waals surface area contributed by atoms with Crippen LogP contribution in [0.2, 0.25) is 0 Å². The maximum atomic E-state index is 5.67. The van der Waals surface area contributed by atoms with Crippen LogP contribution in [0.5, 0.6) is 0 Å². The van der Waals surface area contributed by atoms with Gasteiger partial charge in [-0.05, 0) is 31.0 Å². The molecule has 0 radical (unpaired) electrons. The topological polar surface area (TPSA) is 81.1 Å². The zero-order valence-corrected chi connectivity index (χ0v) is 11.2. The SMILES string of the molecule is Cc1cc(NCCc2ccc(N)cc2)n2ncnc2n1. The van der Waals surface area contributed by atoms with Crippen molar-refractivity contribution >= 4 is 17.3 Å². The van der Waals surface area contributed by atoms with Crippen LogP contribution in [0.4, 0.5) is 11.5 Å². The lowest BCUT2D eigenvalue weighted by Gasteiger charge is -2.08. The van der Waals surface area contributed by atoms with Crippen LogP contribution in [0.25, 0.3) is 5.78 Å². The van der Waals surface area contributed by atoms with Crippen molar-refractivity contribution in [1.82, 2.24) is 19.6 Å². The van der Waals surface area contributed by atoms with E-state index in [0.717, 1.165) is 30.2 Å². The van der Waals surface area contributed by atoms with E-state index in [1.54, 1.807) is 4.52 Å². The van der Waals surface area contributed by atoms with Gasteiger partial charge in [0.1, 0.15) is 12.1 Å². The number of aryl methyl sites for hydroxylation is 1. The predicted molar refractivity (Wildman–Crippen MR) is 78.6 cm³/mol. The van der Waals surface area contributed by atoms with E-state index in [2.05, 4.69) is 20.4 Å². The van der Waals surface area contributed by atoms with Crippen molar-refractivity contribution in [2.75, 3.05) is 17.6 Å². The summed E-state index contributed by atoms with van der Waals surface area (Å²) >= 11 is 0.